The summed E-state index contributed by atoms with van der Waals surface area (Å²) >= 11 is 7.42. The highest BCUT2D eigenvalue weighted by molar-refractivity contribution is 7.14. The topological polar surface area (TPSA) is 21.7 Å². The fraction of sp³-hybridized carbons (Fsp3) is 0.600. The Labute approximate surface area is 98.5 Å². The van der Waals surface area contributed by atoms with Gasteiger partial charge in [0, 0.05) is 19.6 Å². The van der Waals surface area contributed by atoms with Crippen LogP contribution in [0.15, 0.2) is 11.4 Å². The van der Waals surface area contributed by atoms with Crippen LogP contribution in [0.25, 0.3) is 0 Å². The predicted octanol–water partition coefficient (Wildman–Crippen LogP) is 2.11. The van der Waals surface area contributed by atoms with Crippen LogP contribution in [0, 0.1) is 0 Å². The monoisotopic (exact) mass is 247 g/mol. The van der Waals surface area contributed by atoms with Gasteiger partial charge >= 0.3 is 0 Å². The minimum atomic E-state index is 0.691. The van der Waals surface area contributed by atoms with Gasteiger partial charge in [-0.3, -0.25) is 4.90 Å². The van der Waals surface area contributed by atoms with Crippen molar-refractivity contribution in [1.82, 2.24) is 4.90 Å². The molecule has 0 atom stereocenters. The highest BCUT2D eigenvalue weighted by Gasteiger charge is 2.10. The van der Waals surface area contributed by atoms with E-state index in [0.29, 0.717) is 6.61 Å². The van der Waals surface area contributed by atoms with Gasteiger partial charge in [0.1, 0.15) is 16.7 Å². The number of halogens is 1. The number of hydrogen-bond acceptors (Lipinski definition) is 4. The first-order valence-corrected chi connectivity index (χ1v) is 6.28. The maximum atomic E-state index is 5.92. The van der Waals surface area contributed by atoms with Crippen LogP contribution in [-0.4, -0.2) is 44.4 Å². The van der Waals surface area contributed by atoms with Crippen molar-refractivity contribution in [2.75, 3.05) is 39.5 Å². The van der Waals surface area contributed by atoms with Crippen LogP contribution >= 0.6 is 22.9 Å². The molecule has 0 aromatic carbocycles. The van der Waals surface area contributed by atoms with Crippen LogP contribution in [0.3, 0.4) is 0 Å². The van der Waals surface area contributed by atoms with E-state index in [-0.39, 0.29) is 0 Å². The molecule has 0 amide bonds. The van der Waals surface area contributed by atoms with E-state index in [1.54, 1.807) is 0 Å². The molecule has 0 bridgehead atoms. The number of thiophene rings is 1. The summed E-state index contributed by atoms with van der Waals surface area (Å²) in [5.41, 5.74) is 0. The minimum Gasteiger partial charge on any atom is -0.490 e. The van der Waals surface area contributed by atoms with Crippen LogP contribution in [0.4, 0.5) is 0 Å². The molecule has 84 valence electrons. The fourth-order valence-electron chi connectivity index (χ4n) is 1.49. The van der Waals surface area contributed by atoms with Crippen molar-refractivity contribution in [3.63, 3.8) is 0 Å². The zero-order valence-electron chi connectivity index (χ0n) is 8.45. The third-order valence-corrected chi connectivity index (χ3v) is 3.49. The van der Waals surface area contributed by atoms with Gasteiger partial charge in [0.05, 0.1) is 13.2 Å². The van der Waals surface area contributed by atoms with Crippen LogP contribution < -0.4 is 4.74 Å². The second-order valence-electron chi connectivity index (χ2n) is 3.36. The second-order valence-corrected chi connectivity index (χ2v) is 4.88. The molecule has 1 fully saturated rings. The van der Waals surface area contributed by atoms with Gasteiger partial charge in [-0.2, -0.15) is 0 Å². The van der Waals surface area contributed by atoms with Crippen LogP contribution in [0.5, 0.6) is 5.75 Å². The molecule has 0 unspecified atom stereocenters. The van der Waals surface area contributed by atoms with Gasteiger partial charge < -0.3 is 9.47 Å². The summed E-state index contributed by atoms with van der Waals surface area (Å²) in [7, 11) is 0. The molecular formula is C10H14ClNO2S. The standard InChI is InChI=1S/C10H14ClNO2S/c11-10-9(1-8-15-10)14-7-4-12-2-5-13-6-3-12/h1,8H,2-7H2. The lowest BCUT2D eigenvalue weighted by atomic mass is 10.4. The van der Waals surface area contributed by atoms with E-state index in [1.807, 2.05) is 11.4 Å². The summed E-state index contributed by atoms with van der Waals surface area (Å²) in [6.07, 6.45) is 0. The SMILES string of the molecule is Clc1sccc1OCCN1CCOCC1. The van der Waals surface area contributed by atoms with Crippen molar-refractivity contribution >= 4 is 22.9 Å². The molecule has 1 aliphatic heterocycles. The Kier molecular flexibility index (Phi) is 4.26. The van der Waals surface area contributed by atoms with Crippen molar-refractivity contribution in [2.24, 2.45) is 0 Å². The van der Waals surface area contributed by atoms with E-state index in [1.165, 1.54) is 11.3 Å². The predicted molar refractivity (Wildman–Crippen MR) is 62.1 cm³/mol. The van der Waals surface area contributed by atoms with Gasteiger partial charge in [-0.05, 0) is 11.4 Å². The molecule has 1 aliphatic rings. The van der Waals surface area contributed by atoms with Crippen molar-refractivity contribution in [2.45, 2.75) is 0 Å². The molecule has 0 aliphatic carbocycles. The molecule has 1 aromatic rings. The molecular weight excluding hydrogens is 234 g/mol. The normalized spacial score (nSPS) is 17.9. The van der Waals surface area contributed by atoms with Crippen LogP contribution in [-0.2, 0) is 4.74 Å². The van der Waals surface area contributed by atoms with Gasteiger partial charge in [-0.25, -0.2) is 0 Å². The van der Waals surface area contributed by atoms with Crippen molar-refractivity contribution in [3.05, 3.63) is 15.8 Å². The Morgan fingerprint density at radius 3 is 2.93 bits per heavy atom. The third-order valence-electron chi connectivity index (χ3n) is 2.35. The average molecular weight is 248 g/mol. The maximum Gasteiger partial charge on any atom is 0.148 e. The molecule has 2 heterocycles. The molecule has 5 heteroatoms. The molecule has 0 N–H and O–H groups in total. The van der Waals surface area contributed by atoms with Crippen molar-refractivity contribution in [1.29, 1.82) is 0 Å². The molecule has 3 nitrogen and oxygen atoms in total. The van der Waals surface area contributed by atoms with Gasteiger partial charge in [-0.1, -0.05) is 11.6 Å². The van der Waals surface area contributed by atoms with Gasteiger partial charge in [0.2, 0.25) is 0 Å². The van der Waals surface area contributed by atoms with E-state index in [2.05, 4.69) is 4.90 Å². The average Bonchev–Trinajstić information content (AvgIpc) is 2.66. The number of nitrogens with zero attached hydrogens (tertiary/aromatic N) is 1. The molecule has 0 radical (unpaired) electrons. The Morgan fingerprint density at radius 1 is 1.47 bits per heavy atom. The Bertz CT molecular complexity index is 299. The Balaban J connectivity index is 1.68. The Hall–Kier alpha value is -0.290. The highest BCUT2D eigenvalue weighted by atomic mass is 35.5. The summed E-state index contributed by atoms with van der Waals surface area (Å²) < 4.78 is 11.6. The lowest BCUT2D eigenvalue weighted by molar-refractivity contribution is 0.0323. The number of hydrogen-bond donors (Lipinski definition) is 0. The summed E-state index contributed by atoms with van der Waals surface area (Å²) in [6.45, 7) is 5.30. The Morgan fingerprint density at radius 2 is 2.27 bits per heavy atom. The molecule has 0 spiro atoms. The summed E-state index contributed by atoms with van der Waals surface area (Å²) in [5.74, 6) is 0.801. The zero-order valence-corrected chi connectivity index (χ0v) is 10.0. The van der Waals surface area contributed by atoms with E-state index in [4.69, 9.17) is 21.1 Å². The fourth-order valence-corrected chi connectivity index (χ4v) is 2.32. The first-order valence-electron chi connectivity index (χ1n) is 5.02. The largest absolute Gasteiger partial charge is 0.490 e. The van der Waals surface area contributed by atoms with Crippen LogP contribution in [0.2, 0.25) is 4.34 Å². The maximum absolute atomic E-state index is 5.92. The van der Waals surface area contributed by atoms with E-state index in [0.717, 1.165) is 42.9 Å². The van der Waals surface area contributed by atoms with E-state index in [9.17, 15) is 0 Å². The minimum absolute atomic E-state index is 0.691. The number of rotatable bonds is 4. The molecule has 1 saturated heterocycles. The van der Waals surface area contributed by atoms with Crippen LogP contribution in [0.1, 0.15) is 0 Å². The molecule has 2 rings (SSSR count). The molecule has 0 saturated carbocycles. The quantitative estimate of drug-likeness (QED) is 0.814. The van der Waals surface area contributed by atoms with Gasteiger partial charge in [0.25, 0.3) is 0 Å². The number of ether oxygens (including phenoxy) is 2. The first kappa shape index (κ1) is 11.2. The smallest absolute Gasteiger partial charge is 0.148 e. The van der Waals surface area contributed by atoms with Crippen molar-refractivity contribution in [3.8, 4) is 5.75 Å². The second kappa shape index (κ2) is 5.70. The summed E-state index contributed by atoms with van der Waals surface area (Å²) in [4.78, 5) is 2.34. The van der Waals surface area contributed by atoms with E-state index < -0.39 is 0 Å². The third kappa shape index (κ3) is 3.34. The zero-order chi connectivity index (χ0) is 10.5. The van der Waals surface area contributed by atoms with E-state index >= 15 is 0 Å². The lowest BCUT2D eigenvalue weighted by Gasteiger charge is -2.26. The highest BCUT2D eigenvalue weighted by Crippen LogP contribution is 2.29. The van der Waals surface area contributed by atoms with Gasteiger partial charge in [0.15, 0.2) is 0 Å². The van der Waals surface area contributed by atoms with Crippen molar-refractivity contribution < 1.29 is 9.47 Å². The first-order chi connectivity index (χ1) is 7.36. The molecule has 15 heavy (non-hydrogen) atoms. The summed E-state index contributed by atoms with van der Waals surface area (Å²) in [6, 6.07) is 1.91. The lowest BCUT2D eigenvalue weighted by Crippen LogP contribution is -2.38. The number of morpholine rings is 1. The van der Waals surface area contributed by atoms with Gasteiger partial charge in [-0.15, -0.1) is 11.3 Å². The summed E-state index contributed by atoms with van der Waals surface area (Å²) in [5, 5.41) is 1.94. The molecule has 1 aromatic heterocycles.